The third kappa shape index (κ3) is 4.57. The Labute approximate surface area is 191 Å². The predicted molar refractivity (Wildman–Crippen MR) is 124 cm³/mol. The van der Waals surface area contributed by atoms with Gasteiger partial charge in [-0.15, -0.1) is 0 Å². The molecule has 1 fully saturated rings. The van der Waals surface area contributed by atoms with Gasteiger partial charge in [-0.05, 0) is 38.1 Å². The summed E-state index contributed by atoms with van der Waals surface area (Å²) in [5.41, 5.74) is 2.45. The van der Waals surface area contributed by atoms with Crippen LogP contribution in [0.5, 0.6) is 0 Å². The lowest BCUT2D eigenvalue weighted by molar-refractivity contribution is 0.0736. The van der Waals surface area contributed by atoms with Crippen LogP contribution < -0.4 is 10.2 Å². The van der Waals surface area contributed by atoms with Gasteiger partial charge >= 0.3 is 0 Å². The van der Waals surface area contributed by atoms with Gasteiger partial charge in [0, 0.05) is 44.0 Å². The fraction of sp³-hybridized carbons (Fsp3) is 0.250. The van der Waals surface area contributed by atoms with Crippen molar-refractivity contribution >= 4 is 23.2 Å². The van der Waals surface area contributed by atoms with Gasteiger partial charge in [0.15, 0.2) is 11.5 Å². The highest BCUT2D eigenvalue weighted by atomic mass is 16.5. The van der Waals surface area contributed by atoms with Crippen LogP contribution in [0.3, 0.4) is 0 Å². The van der Waals surface area contributed by atoms with Crippen molar-refractivity contribution in [3.8, 4) is 11.5 Å². The molecule has 1 aliphatic rings. The summed E-state index contributed by atoms with van der Waals surface area (Å²) in [5.74, 6) is 3.09. The van der Waals surface area contributed by atoms with E-state index in [9.17, 15) is 4.79 Å². The molecule has 0 radical (unpaired) electrons. The average Bonchev–Trinajstić information content (AvgIpc) is 3.52. The van der Waals surface area contributed by atoms with Gasteiger partial charge in [-0.2, -0.15) is 0 Å². The normalized spacial score (nSPS) is 13.9. The lowest BCUT2D eigenvalue weighted by atomic mass is 10.2. The number of furan rings is 1. The summed E-state index contributed by atoms with van der Waals surface area (Å²) < 4.78 is 10.6. The summed E-state index contributed by atoms with van der Waals surface area (Å²) in [6.45, 7) is 6.38. The third-order valence-corrected chi connectivity index (χ3v) is 5.53. The standard InChI is InChI=1S/C24H24N6O3/c1-16-5-7-18(8-6-16)27-22-15-23(26-17(2)25-22)29-9-11-30(12-10-29)24(31)19-14-21(33-28-19)20-4-3-13-32-20/h3-8,13-15H,9-12H2,1-2H3,(H,25,26,27). The number of aromatic nitrogens is 3. The van der Waals surface area contributed by atoms with Gasteiger partial charge in [0.1, 0.15) is 17.5 Å². The van der Waals surface area contributed by atoms with Crippen molar-refractivity contribution in [1.82, 2.24) is 20.0 Å². The molecule has 0 spiro atoms. The number of nitrogens with one attached hydrogen (secondary N) is 1. The van der Waals surface area contributed by atoms with E-state index in [0.717, 1.165) is 17.3 Å². The van der Waals surface area contributed by atoms with Gasteiger partial charge in [-0.1, -0.05) is 22.9 Å². The zero-order chi connectivity index (χ0) is 22.8. The second kappa shape index (κ2) is 8.78. The van der Waals surface area contributed by atoms with E-state index in [1.54, 1.807) is 29.4 Å². The fourth-order valence-electron chi connectivity index (χ4n) is 3.77. The molecule has 1 saturated heterocycles. The maximum absolute atomic E-state index is 12.9. The van der Waals surface area contributed by atoms with Crippen LogP contribution in [-0.4, -0.2) is 52.1 Å². The number of aryl methyl sites for hydroxylation is 2. The zero-order valence-corrected chi connectivity index (χ0v) is 18.5. The molecule has 0 unspecified atom stereocenters. The fourth-order valence-corrected chi connectivity index (χ4v) is 3.77. The molecule has 0 bridgehead atoms. The summed E-state index contributed by atoms with van der Waals surface area (Å²) in [4.78, 5) is 25.9. The van der Waals surface area contributed by atoms with Crippen LogP contribution in [0.25, 0.3) is 11.5 Å². The van der Waals surface area contributed by atoms with Crippen molar-refractivity contribution in [2.75, 3.05) is 36.4 Å². The minimum atomic E-state index is -0.156. The molecule has 168 valence electrons. The molecule has 1 aliphatic heterocycles. The first-order valence-corrected chi connectivity index (χ1v) is 10.8. The highest BCUT2D eigenvalue weighted by molar-refractivity contribution is 5.93. The van der Waals surface area contributed by atoms with Crippen molar-refractivity contribution in [2.24, 2.45) is 0 Å². The number of anilines is 3. The van der Waals surface area contributed by atoms with Gasteiger partial charge < -0.3 is 24.1 Å². The molecular formula is C24H24N6O3. The molecule has 3 aromatic heterocycles. The number of piperazine rings is 1. The second-order valence-corrected chi connectivity index (χ2v) is 7.98. The molecule has 1 amide bonds. The maximum Gasteiger partial charge on any atom is 0.276 e. The molecule has 4 aromatic rings. The molecule has 33 heavy (non-hydrogen) atoms. The van der Waals surface area contributed by atoms with E-state index in [0.29, 0.717) is 43.5 Å². The van der Waals surface area contributed by atoms with Gasteiger partial charge in [-0.25, -0.2) is 9.97 Å². The van der Waals surface area contributed by atoms with Crippen molar-refractivity contribution in [1.29, 1.82) is 0 Å². The first-order valence-electron chi connectivity index (χ1n) is 10.8. The van der Waals surface area contributed by atoms with E-state index in [2.05, 4.69) is 44.4 Å². The largest absolute Gasteiger partial charge is 0.461 e. The molecule has 5 rings (SSSR count). The minimum Gasteiger partial charge on any atom is -0.461 e. The van der Waals surface area contributed by atoms with Crippen LogP contribution in [0.15, 0.2) is 63.7 Å². The number of nitrogens with zero attached hydrogens (tertiary/aromatic N) is 5. The Hall–Kier alpha value is -4.14. The monoisotopic (exact) mass is 444 g/mol. The van der Waals surface area contributed by atoms with Crippen molar-refractivity contribution in [2.45, 2.75) is 13.8 Å². The topological polar surface area (TPSA) is 101 Å². The predicted octanol–water partition coefficient (Wildman–Crippen LogP) is 4.05. The number of benzene rings is 1. The average molecular weight is 444 g/mol. The summed E-state index contributed by atoms with van der Waals surface area (Å²) >= 11 is 0. The number of carbonyl (C=O) groups excluding carboxylic acids is 1. The Morgan fingerprint density at radius 3 is 2.48 bits per heavy atom. The van der Waals surface area contributed by atoms with Crippen LogP contribution in [0.4, 0.5) is 17.3 Å². The Balaban J connectivity index is 1.24. The number of rotatable bonds is 5. The summed E-state index contributed by atoms with van der Waals surface area (Å²) in [5, 5.41) is 7.27. The second-order valence-electron chi connectivity index (χ2n) is 7.98. The lowest BCUT2D eigenvalue weighted by Gasteiger charge is -2.35. The van der Waals surface area contributed by atoms with E-state index in [1.165, 1.54) is 5.56 Å². The van der Waals surface area contributed by atoms with E-state index >= 15 is 0 Å². The van der Waals surface area contributed by atoms with E-state index < -0.39 is 0 Å². The Morgan fingerprint density at radius 1 is 0.970 bits per heavy atom. The van der Waals surface area contributed by atoms with Crippen molar-refractivity contribution in [3.05, 3.63) is 71.9 Å². The van der Waals surface area contributed by atoms with E-state index in [1.807, 2.05) is 25.1 Å². The molecular weight excluding hydrogens is 420 g/mol. The number of amides is 1. The zero-order valence-electron chi connectivity index (χ0n) is 18.5. The first-order chi connectivity index (χ1) is 16.0. The molecule has 1 aromatic carbocycles. The minimum absolute atomic E-state index is 0.156. The van der Waals surface area contributed by atoms with Gasteiger partial charge in [0.2, 0.25) is 5.76 Å². The van der Waals surface area contributed by atoms with E-state index in [-0.39, 0.29) is 11.6 Å². The van der Waals surface area contributed by atoms with Gasteiger partial charge in [-0.3, -0.25) is 4.79 Å². The highest BCUT2D eigenvalue weighted by Crippen LogP contribution is 2.23. The summed E-state index contributed by atoms with van der Waals surface area (Å²) in [7, 11) is 0. The van der Waals surface area contributed by atoms with E-state index in [4.69, 9.17) is 8.94 Å². The maximum atomic E-state index is 12.9. The molecule has 4 heterocycles. The molecule has 9 nitrogen and oxygen atoms in total. The SMILES string of the molecule is Cc1ccc(Nc2cc(N3CCN(C(=O)c4cc(-c5ccco5)on4)CC3)nc(C)n2)cc1. The first kappa shape index (κ1) is 20.7. The molecule has 0 aliphatic carbocycles. The number of hydrogen-bond donors (Lipinski definition) is 1. The Morgan fingerprint density at radius 2 is 1.76 bits per heavy atom. The third-order valence-electron chi connectivity index (χ3n) is 5.53. The highest BCUT2D eigenvalue weighted by Gasteiger charge is 2.26. The van der Waals surface area contributed by atoms with Crippen molar-refractivity contribution < 1.29 is 13.7 Å². The van der Waals surface area contributed by atoms with Gasteiger partial charge in [0.25, 0.3) is 5.91 Å². The summed E-state index contributed by atoms with van der Waals surface area (Å²) in [6, 6.07) is 15.2. The van der Waals surface area contributed by atoms with Crippen molar-refractivity contribution in [3.63, 3.8) is 0 Å². The quantitative estimate of drug-likeness (QED) is 0.492. The molecule has 0 atom stereocenters. The summed E-state index contributed by atoms with van der Waals surface area (Å²) in [6.07, 6.45) is 1.55. The van der Waals surface area contributed by atoms with Crippen LogP contribution in [0, 0.1) is 13.8 Å². The van der Waals surface area contributed by atoms with Crippen LogP contribution in [0.2, 0.25) is 0 Å². The van der Waals surface area contributed by atoms with Crippen LogP contribution in [-0.2, 0) is 0 Å². The lowest BCUT2D eigenvalue weighted by Crippen LogP contribution is -2.49. The van der Waals surface area contributed by atoms with Crippen LogP contribution >= 0.6 is 0 Å². The van der Waals surface area contributed by atoms with Crippen LogP contribution in [0.1, 0.15) is 21.9 Å². The smallest absolute Gasteiger partial charge is 0.276 e. The van der Waals surface area contributed by atoms with Gasteiger partial charge in [0.05, 0.1) is 6.26 Å². The Kier molecular flexibility index (Phi) is 5.52. The molecule has 9 heteroatoms. The molecule has 0 saturated carbocycles. The number of hydrogen-bond acceptors (Lipinski definition) is 8. The Bertz CT molecular complexity index is 1240. The molecule has 1 N–H and O–H groups in total. The number of carbonyl (C=O) groups is 1.